The highest BCUT2D eigenvalue weighted by atomic mass is 16.3. The first-order valence-electron chi connectivity index (χ1n) is 8.26. The van der Waals surface area contributed by atoms with Crippen LogP contribution in [-0.2, 0) is 9.59 Å². The van der Waals surface area contributed by atoms with Gasteiger partial charge in [-0.05, 0) is 38.5 Å². The quantitative estimate of drug-likeness (QED) is 0.795. The molecule has 1 heterocycles. The Morgan fingerprint density at radius 1 is 1.25 bits per heavy atom. The zero-order chi connectivity index (χ0) is 17.9. The molecule has 0 radical (unpaired) electrons. The van der Waals surface area contributed by atoms with Crippen LogP contribution >= 0.6 is 0 Å². The smallest absolute Gasteiger partial charge is 0.290 e. The number of benzene rings is 1. The normalized spacial score (nSPS) is 17.6. The number of carbonyl (C=O) groups excluding carboxylic acids is 2. The van der Waals surface area contributed by atoms with Gasteiger partial charge in [-0.15, -0.1) is 0 Å². The number of aliphatic hydroxyl groups excluding tert-OH is 1. The number of anilines is 1. The maximum absolute atomic E-state index is 12.3. The van der Waals surface area contributed by atoms with E-state index >= 15 is 0 Å². The molecule has 3 N–H and O–H groups in total. The van der Waals surface area contributed by atoms with Crippen LogP contribution in [0.15, 0.2) is 35.6 Å². The predicted molar refractivity (Wildman–Crippen MR) is 93.8 cm³/mol. The Labute approximate surface area is 142 Å². The zero-order valence-electron chi connectivity index (χ0n) is 14.5. The standard InChI is InChI=1S/C18H25N3O3/c1-4-20(5-2)14-8-6-13(7-9-14)16-15(12(3)22)17(23)18(24)21(16)11-10-19/h6-9,16,23H,4-5,10-11,19H2,1-3H3. The molecule has 24 heavy (non-hydrogen) atoms. The van der Waals surface area contributed by atoms with Gasteiger partial charge in [0.2, 0.25) is 0 Å². The molecule has 0 bridgehead atoms. The largest absolute Gasteiger partial charge is 0.503 e. The Bertz CT molecular complexity index is 648. The lowest BCUT2D eigenvalue weighted by Gasteiger charge is -2.27. The number of Topliss-reactive ketones (excluding diaryl/α,β-unsaturated/α-hetero) is 1. The number of nitrogens with zero attached hydrogens (tertiary/aromatic N) is 2. The summed E-state index contributed by atoms with van der Waals surface area (Å²) >= 11 is 0. The van der Waals surface area contributed by atoms with Gasteiger partial charge in [-0.3, -0.25) is 9.59 Å². The summed E-state index contributed by atoms with van der Waals surface area (Å²) in [5.74, 6) is -1.31. The van der Waals surface area contributed by atoms with Gasteiger partial charge < -0.3 is 20.6 Å². The van der Waals surface area contributed by atoms with E-state index in [4.69, 9.17) is 5.73 Å². The van der Waals surface area contributed by atoms with Gasteiger partial charge in [-0.2, -0.15) is 0 Å². The van der Waals surface area contributed by atoms with E-state index in [0.717, 1.165) is 24.3 Å². The molecule has 0 saturated heterocycles. The van der Waals surface area contributed by atoms with Gasteiger partial charge in [0, 0.05) is 31.9 Å². The third-order valence-electron chi connectivity index (χ3n) is 4.39. The average Bonchev–Trinajstić information content (AvgIpc) is 2.82. The SMILES string of the molecule is CCN(CC)c1ccc(C2C(C(C)=O)=C(O)C(=O)N2CCN)cc1. The van der Waals surface area contributed by atoms with Gasteiger partial charge in [-0.1, -0.05) is 12.1 Å². The van der Waals surface area contributed by atoms with Crippen molar-refractivity contribution in [3.8, 4) is 0 Å². The predicted octanol–water partition coefficient (Wildman–Crippen LogP) is 1.78. The second kappa shape index (κ2) is 7.49. The molecule has 0 aliphatic carbocycles. The summed E-state index contributed by atoms with van der Waals surface area (Å²) in [6, 6.07) is 7.17. The van der Waals surface area contributed by atoms with E-state index in [0.29, 0.717) is 0 Å². The first kappa shape index (κ1) is 18.0. The number of rotatable bonds is 7. The molecule has 6 heteroatoms. The molecule has 1 amide bonds. The summed E-state index contributed by atoms with van der Waals surface area (Å²) in [4.78, 5) is 27.9. The second-order valence-corrected chi connectivity index (χ2v) is 5.77. The summed E-state index contributed by atoms with van der Waals surface area (Å²) in [7, 11) is 0. The van der Waals surface area contributed by atoms with Gasteiger partial charge in [0.15, 0.2) is 11.5 Å². The maximum Gasteiger partial charge on any atom is 0.290 e. The van der Waals surface area contributed by atoms with E-state index in [2.05, 4.69) is 18.7 Å². The lowest BCUT2D eigenvalue weighted by molar-refractivity contribution is -0.129. The van der Waals surface area contributed by atoms with Crippen LogP contribution < -0.4 is 10.6 Å². The van der Waals surface area contributed by atoms with E-state index in [1.165, 1.54) is 11.8 Å². The van der Waals surface area contributed by atoms with Gasteiger partial charge in [0.05, 0.1) is 11.6 Å². The molecule has 0 aromatic heterocycles. The number of amides is 1. The van der Waals surface area contributed by atoms with Gasteiger partial charge in [0.1, 0.15) is 0 Å². The van der Waals surface area contributed by atoms with Crippen molar-refractivity contribution in [1.82, 2.24) is 4.90 Å². The minimum absolute atomic E-state index is 0.143. The van der Waals surface area contributed by atoms with E-state index in [1.54, 1.807) is 0 Å². The molecule has 1 unspecified atom stereocenters. The Morgan fingerprint density at radius 3 is 2.29 bits per heavy atom. The fraction of sp³-hybridized carbons (Fsp3) is 0.444. The lowest BCUT2D eigenvalue weighted by atomic mass is 9.96. The number of carbonyl (C=O) groups is 2. The molecular weight excluding hydrogens is 306 g/mol. The summed E-state index contributed by atoms with van der Waals surface area (Å²) in [5, 5.41) is 10.1. The van der Waals surface area contributed by atoms with Gasteiger partial charge >= 0.3 is 0 Å². The topological polar surface area (TPSA) is 86.9 Å². The number of nitrogens with two attached hydrogens (primary N) is 1. The van der Waals surface area contributed by atoms with E-state index < -0.39 is 17.7 Å². The molecule has 6 nitrogen and oxygen atoms in total. The summed E-state index contributed by atoms with van der Waals surface area (Å²) < 4.78 is 0. The molecule has 130 valence electrons. The van der Waals surface area contributed by atoms with Crippen molar-refractivity contribution in [2.24, 2.45) is 5.73 Å². The van der Waals surface area contributed by atoms with Crippen LogP contribution in [0.1, 0.15) is 32.4 Å². The molecule has 1 aromatic rings. The summed E-state index contributed by atoms with van der Waals surface area (Å²) in [6.07, 6.45) is 0. The number of hydrogen-bond acceptors (Lipinski definition) is 5. The number of hydrogen-bond donors (Lipinski definition) is 2. The van der Waals surface area contributed by atoms with Crippen molar-refractivity contribution in [3.05, 3.63) is 41.2 Å². The Morgan fingerprint density at radius 2 is 1.83 bits per heavy atom. The van der Waals surface area contributed by atoms with E-state index in [-0.39, 0.29) is 24.4 Å². The minimum atomic E-state index is -0.579. The van der Waals surface area contributed by atoms with Crippen LogP contribution in [0.3, 0.4) is 0 Å². The molecule has 1 aliphatic heterocycles. The maximum atomic E-state index is 12.3. The highest BCUT2D eigenvalue weighted by Crippen LogP contribution is 2.37. The Hall–Kier alpha value is -2.34. The van der Waals surface area contributed by atoms with Crippen LogP contribution in [0.5, 0.6) is 0 Å². The van der Waals surface area contributed by atoms with E-state index in [9.17, 15) is 14.7 Å². The fourth-order valence-electron chi connectivity index (χ4n) is 3.19. The van der Waals surface area contributed by atoms with Crippen LogP contribution in [-0.4, -0.2) is 47.9 Å². The monoisotopic (exact) mass is 331 g/mol. The number of ketones is 1. The summed E-state index contributed by atoms with van der Waals surface area (Å²) in [6.45, 7) is 7.88. The fourth-order valence-corrected chi connectivity index (χ4v) is 3.19. The first-order valence-corrected chi connectivity index (χ1v) is 8.26. The first-order chi connectivity index (χ1) is 11.5. The molecule has 0 fully saturated rings. The Balaban J connectivity index is 2.42. The van der Waals surface area contributed by atoms with Crippen LogP contribution in [0, 0.1) is 0 Å². The molecule has 2 rings (SSSR count). The molecule has 1 atom stereocenters. The van der Waals surface area contributed by atoms with Crippen molar-refractivity contribution in [3.63, 3.8) is 0 Å². The highest BCUT2D eigenvalue weighted by Gasteiger charge is 2.41. The minimum Gasteiger partial charge on any atom is -0.503 e. The van der Waals surface area contributed by atoms with Crippen molar-refractivity contribution in [2.45, 2.75) is 26.8 Å². The molecule has 0 saturated carbocycles. The lowest BCUT2D eigenvalue weighted by Crippen LogP contribution is -2.35. The molecular formula is C18H25N3O3. The van der Waals surface area contributed by atoms with Crippen molar-refractivity contribution in [2.75, 3.05) is 31.1 Å². The average molecular weight is 331 g/mol. The number of aliphatic hydroxyl groups is 1. The second-order valence-electron chi connectivity index (χ2n) is 5.77. The Kier molecular flexibility index (Phi) is 5.62. The van der Waals surface area contributed by atoms with Crippen molar-refractivity contribution < 1.29 is 14.7 Å². The summed E-state index contributed by atoms with van der Waals surface area (Å²) in [5.41, 5.74) is 7.61. The van der Waals surface area contributed by atoms with Crippen molar-refractivity contribution in [1.29, 1.82) is 0 Å². The molecule has 1 aliphatic rings. The van der Waals surface area contributed by atoms with Crippen LogP contribution in [0.25, 0.3) is 0 Å². The highest BCUT2D eigenvalue weighted by molar-refractivity contribution is 6.08. The third kappa shape index (κ3) is 3.14. The van der Waals surface area contributed by atoms with Crippen LogP contribution in [0.4, 0.5) is 5.69 Å². The van der Waals surface area contributed by atoms with Crippen LogP contribution in [0.2, 0.25) is 0 Å². The molecule has 0 spiro atoms. The van der Waals surface area contributed by atoms with Gasteiger partial charge in [0.25, 0.3) is 5.91 Å². The van der Waals surface area contributed by atoms with E-state index in [1.807, 2.05) is 24.3 Å². The zero-order valence-corrected chi connectivity index (χ0v) is 14.5. The van der Waals surface area contributed by atoms with Crippen molar-refractivity contribution >= 4 is 17.4 Å². The molecule has 1 aromatic carbocycles. The third-order valence-corrected chi connectivity index (χ3v) is 4.39. The van der Waals surface area contributed by atoms with Gasteiger partial charge in [-0.25, -0.2) is 0 Å².